The van der Waals surface area contributed by atoms with Crippen molar-refractivity contribution in [2.75, 3.05) is 0 Å². The molecule has 0 saturated heterocycles. The zero-order chi connectivity index (χ0) is 9.90. The number of carbonyl (C=O) groups excluding carboxylic acids is 1. The van der Waals surface area contributed by atoms with Gasteiger partial charge >= 0.3 is 5.97 Å². The molecule has 0 radical (unpaired) electrons. The lowest BCUT2D eigenvalue weighted by molar-refractivity contribution is -0.153. The van der Waals surface area contributed by atoms with Crippen LogP contribution in [-0.4, -0.2) is 11.6 Å². The number of rotatable bonds is 3. The lowest BCUT2D eigenvalue weighted by atomic mass is 10.0. The van der Waals surface area contributed by atoms with Gasteiger partial charge in [0.1, 0.15) is 11.4 Å². The molecule has 1 aromatic heterocycles. The largest absolute Gasteiger partial charge is 0.469 e. The standard InChI is InChI=1S/C10H14O3/c1-8(11)13-10(2,3)7-9-5-4-6-12-9/h4-6H,7H2,1-3H3. The Morgan fingerprint density at radius 2 is 2.31 bits per heavy atom. The number of esters is 1. The van der Waals surface area contributed by atoms with Crippen LogP contribution in [-0.2, 0) is 16.0 Å². The second kappa shape index (κ2) is 3.64. The summed E-state index contributed by atoms with van der Waals surface area (Å²) in [6.45, 7) is 5.12. The van der Waals surface area contributed by atoms with Gasteiger partial charge in [-0.15, -0.1) is 0 Å². The molecular weight excluding hydrogens is 168 g/mol. The molecule has 1 rings (SSSR count). The van der Waals surface area contributed by atoms with Crippen molar-refractivity contribution in [3.63, 3.8) is 0 Å². The van der Waals surface area contributed by atoms with Gasteiger partial charge in [0, 0.05) is 13.3 Å². The topological polar surface area (TPSA) is 39.4 Å². The molecule has 1 heterocycles. The predicted molar refractivity (Wildman–Crippen MR) is 48.3 cm³/mol. The molecule has 0 aliphatic carbocycles. The van der Waals surface area contributed by atoms with Gasteiger partial charge < -0.3 is 9.15 Å². The third-order valence-electron chi connectivity index (χ3n) is 1.60. The maximum Gasteiger partial charge on any atom is 0.303 e. The first-order valence-electron chi connectivity index (χ1n) is 4.21. The van der Waals surface area contributed by atoms with Gasteiger partial charge in [-0.25, -0.2) is 0 Å². The molecule has 1 aromatic rings. The average Bonchev–Trinajstić information content (AvgIpc) is 2.34. The van der Waals surface area contributed by atoms with Crippen molar-refractivity contribution in [1.29, 1.82) is 0 Å². The summed E-state index contributed by atoms with van der Waals surface area (Å²) in [7, 11) is 0. The summed E-state index contributed by atoms with van der Waals surface area (Å²) in [6.07, 6.45) is 2.21. The van der Waals surface area contributed by atoms with Crippen molar-refractivity contribution in [3.8, 4) is 0 Å². The van der Waals surface area contributed by atoms with Gasteiger partial charge in [-0.05, 0) is 26.0 Å². The molecule has 0 unspecified atom stereocenters. The highest BCUT2D eigenvalue weighted by Gasteiger charge is 2.22. The molecule has 13 heavy (non-hydrogen) atoms. The fourth-order valence-corrected chi connectivity index (χ4v) is 1.26. The number of carbonyl (C=O) groups is 1. The van der Waals surface area contributed by atoms with Gasteiger partial charge in [-0.2, -0.15) is 0 Å². The van der Waals surface area contributed by atoms with Crippen LogP contribution in [0.2, 0.25) is 0 Å². The molecule has 0 N–H and O–H groups in total. The van der Waals surface area contributed by atoms with E-state index in [1.54, 1.807) is 6.26 Å². The first-order valence-corrected chi connectivity index (χ1v) is 4.21. The second-order valence-electron chi connectivity index (χ2n) is 3.61. The molecule has 0 atom stereocenters. The van der Waals surface area contributed by atoms with Gasteiger partial charge in [0.25, 0.3) is 0 Å². The predicted octanol–water partition coefficient (Wildman–Crippen LogP) is 2.16. The van der Waals surface area contributed by atoms with E-state index in [0.717, 1.165) is 5.76 Å². The van der Waals surface area contributed by atoms with E-state index in [9.17, 15) is 4.79 Å². The zero-order valence-corrected chi connectivity index (χ0v) is 8.16. The number of furan rings is 1. The van der Waals surface area contributed by atoms with E-state index in [1.165, 1.54) is 6.92 Å². The van der Waals surface area contributed by atoms with Crippen LogP contribution < -0.4 is 0 Å². The zero-order valence-electron chi connectivity index (χ0n) is 8.16. The molecule has 0 fully saturated rings. The second-order valence-corrected chi connectivity index (χ2v) is 3.61. The van der Waals surface area contributed by atoms with Crippen molar-refractivity contribution in [3.05, 3.63) is 24.2 Å². The van der Waals surface area contributed by atoms with Crippen molar-refractivity contribution in [2.24, 2.45) is 0 Å². The van der Waals surface area contributed by atoms with Gasteiger partial charge in [-0.3, -0.25) is 4.79 Å². The lowest BCUT2D eigenvalue weighted by Gasteiger charge is -2.22. The Balaban J connectivity index is 2.56. The molecule has 0 spiro atoms. The average molecular weight is 182 g/mol. The Morgan fingerprint density at radius 3 is 2.77 bits per heavy atom. The molecule has 0 aromatic carbocycles. The fraction of sp³-hybridized carbons (Fsp3) is 0.500. The molecule has 72 valence electrons. The van der Waals surface area contributed by atoms with Crippen LogP contribution in [0.4, 0.5) is 0 Å². The van der Waals surface area contributed by atoms with Crippen LogP contribution in [0.1, 0.15) is 26.5 Å². The molecule has 0 bridgehead atoms. The van der Waals surface area contributed by atoms with Crippen LogP contribution in [0.3, 0.4) is 0 Å². The van der Waals surface area contributed by atoms with Crippen LogP contribution in [0.15, 0.2) is 22.8 Å². The lowest BCUT2D eigenvalue weighted by Crippen LogP contribution is -2.29. The fourth-order valence-electron chi connectivity index (χ4n) is 1.26. The van der Waals surface area contributed by atoms with Crippen molar-refractivity contribution in [1.82, 2.24) is 0 Å². The molecule has 0 aliphatic heterocycles. The van der Waals surface area contributed by atoms with E-state index in [4.69, 9.17) is 9.15 Å². The van der Waals surface area contributed by atoms with Gasteiger partial charge in [0.2, 0.25) is 0 Å². The Kier molecular flexibility index (Phi) is 2.76. The smallest absolute Gasteiger partial charge is 0.303 e. The summed E-state index contributed by atoms with van der Waals surface area (Å²) in [5.74, 6) is 0.558. The summed E-state index contributed by atoms with van der Waals surface area (Å²) in [6, 6.07) is 3.68. The van der Waals surface area contributed by atoms with Gasteiger partial charge in [0.05, 0.1) is 6.26 Å². The minimum atomic E-state index is -0.496. The summed E-state index contributed by atoms with van der Waals surface area (Å²) in [5, 5.41) is 0. The van der Waals surface area contributed by atoms with E-state index >= 15 is 0 Å². The first-order chi connectivity index (χ1) is 5.99. The highest BCUT2D eigenvalue weighted by molar-refractivity contribution is 5.66. The monoisotopic (exact) mass is 182 g/mol. The molecular formula is C10H14O3. The summed E-state index contributed by atoms with van der Waals surface area (Å²) in [5.41, 5.74) is -0.496. The van der Waals surface area contributed by atoms with Crippen LogP contribution in [0, 0.1) is 0 Å². The molecule has 0 saturated carbocycles. The minimum Gasteiger partial charge on any atom is -0.469 e. The molecule has 0 aliphatic rings. The first kappa shape index (κ1) is 9.84. The Bertz CT molecular complexity index is 272. The molecule has 3 heteroatoms. The number of hydrogen-bond donors (Lipinski definition) is 0. The Labute approximate surface area is 77.7 Å². The quantitative estimate of drug-likeness (QED) is 0.672. The summed E-state index contributed by atoms with van der Waals surface area (Å²) >= 11 is 0. The Hall–Kier alpha value is -1.25. The highest BCUT2D eigenvalue weighted by Crippen LogP contribution is 2.17. The number of ether oxygens (including phenoxy) is 1. The third-order valence-corrected chi connectivity index (χ3v) is 1.60. The van der Waals surface area contributed by atoms with Crippen molar-refractivity contribution in [2.45, 2.75) is 32.8 Å². The van der Waals surface area contributed by atoms with Crippen molar-refractivity contribution >= 4 is 5.97 Å². The van der Waals surface area contributed by atoms with Crippen LogP contribution in [0.25, 0.3) is 0 Å². The van der Waals surface area contributed by atoms with E-state index in [-0.39, 0.29) is 5.97 Å². The highest BCUT2D eigenvalue weighted by atomic mass is 16.6. The number of hydrogen-bond acceptors (Lipinski definition) is 3. The Morgan fingerprint density at radius 1 is 1.62 bits per heavy atom. The van der Waals surface area contributed by atoms with E-state index in [0.29, 0.717) is 6.42 Å². The van der Waals surface area contributed by atoms with Gasteiger partial charge in [0.15, 0.2) is 0 Å². The van der Waals surface area contributed by atoms with Crippen LogP contribution >= 0.6 is 0 Å². The maximum absolute atomic E-state index is 10.7. The third kappa shape index (κ3) is 3.32. The molecule has 3 nitrogen and oxygen atoms in total. The normalized spacial score (nSPS) is 11.3. The summed E-state index contributed by atoms with van der Waals surface area (Å²) in [4.78, 5) is 10.7. The summed E-state index contributed by atoms with van der Waals surface area (Å²) < 4.78 is 10.3. The van der Waals surface area contributed by atoms with Crippen molar-refractivity contribution < 1.29 is 13.9 Å². The van der Waals surface area contributed by atoms with Gasteiger partial charge in [-0.1, -0.05) is 0 Å². The SMILES string of the molecule is CC(=O)OC(C)(C)Cc1ccco1. The van der Waals surface area contributed by atoms with E-state index in [2.05, 4.69) is 0 Å². The molecule has 0 amide bonds. The minimum absolute atomic E-state index is 0.267. The maximum atomic E-state index is 10.7. The van der Waals surface area contributed by atoms with E-state index < -0.39 is 5.60 Å². The van der Waals surface area contributed by atoms with E-state index in [1.807, 2.05) is 26.0 Å². The van der Waals surface area contributed by atoms with Crippen LogP contribution in [0.5, 0.6) is 0 Å².